The molecule has 0 unspecified atom stereocenters. The highest BCUT2D eigenvalue weighted by Crippen LogP contribution is 2.18. The number of rotatable bonds is 7. The molecule has 0 aromatic rings. The largest absolute Gasteiger partial charge is 0.387 e. The zero-order valence-corrected chi connectivity index (χ0v) is 8.75. The van der Waals surface area contributed by atoms with Gasteiger partial charge in [0.05, 0.1) is 5.60 Å². The van der Waals surface area contributed by atoms with Crippen LogP contribution in [0.5, 0.6) is 0 Å². The average Bonchev–Trinajstić information content (AvgIpc) is 2.12. The van der Waals surface area contributed by atoms with Crippen LogP contribution in [0.2, 0.25) is 0 Å². The van der Waals surface area contributed by atoms with E-state index < -0.39 is 5.60 Å². The molecule has 0 heterocycles. The second kappa shape index (κ2) is 6.13. The summed E-state index contributed by atoms with van der Waals surface area (Å²) in [6.07, 6.45) is 1.85. The third kappa shape index (κ3) is 4.41. The van der Waals surface area contributed by atoms with Crippen molar-refractivity contribution in [3.8, 4) is 0 Å². The van der Waals surface area contributed by atoms with E-state index in [1.165, 1.54) is 0 Å². The van der Waals surface area contributed by atoms with Crippen LogP contribution >= 0.6 is 0 Å². The SMILES string of the molecule is C=C[C@H](OCOCC)[C@@](C)(O)CC. The first kappa shape index (κ1) is 12.6. The molecule has 0 rings (SSSR count). The molecule has 0 saturated heterocycles. The van der Waals surface area contributed by atoms with Crippen molar-refractivity contribution in [2.45, 2.75) is 38.9 Å². The van der Waals surface area contributed by atoms with E-state index in [4.69, 9.17) is 9.47 Å². The molecule has 0 aliphatic heterocycles. The van der Waals surface area contributed by atoms with E-state index in [9.17, 15) is 5.11 Å². The molecule has 0 aromatic heterocycles. The van der Waals surface area contributed by atoms with Crippen LogP contribution in [0.1, 0.15) is 27.2 Å². The Labute approximate surface area is 80.4 Å². The smallest absolute Gasteiger partial charge is 0.147 e. The van der Waals surface area contributed by atoms with Gasteiger partial charge in [0.2, 0.25) is 0 Å². The summed E-state index contributed by atoms with van der Waals surface area (Å²) in [6, 6.07) is 0. The van der Waals surface area contributed by atoms with Gasteiger partial charge in [-0.25, -0.2) is 0 Å². The van der Waals surface area contributed by atoms with Gasteiger partial charge in [-0.3, -0.25) is 0 Å². The maximum atomic E-state index is 9.83. The molecule has 0 aliphatic carbocycles. The highest BCUT2D eigenvalue weighted by molar-refractivity contribution is 4.93. The third-order valence-electron chi connectivity index (χ3n) is 2.08. The van der Waals surface area contributed by atoms with Crippen molar-refractivity contribution in [3.05, 3.63) is 12.7 Å². The molecule has 1 N–H and O–H groups in total. The monoisotopic (exact) mass is 188 g/mol. The van der Waals surface area contributed by atoms with Crippen molar-refractivity contribution in [2.75, 3.05) is 13.4 Å². The van der Waals surface area contributed by atoms with E-state index >= 15 is 0 Å². The molecule has 2 atom stereocenters. The van der Waals surface area contributed by atoms with Crippen LogP contribution in [0.15, 0.2) is 12.7 Å². The number of ether oxygens (including phenoxy) is 2. The summed E-state index contributed by atoms with van der Waals surface area (Å²) in [5, 5.41) is 9.83. The first-order valence-corrected chi connectivity index (χ1v) is 4.62. The zero-order chi connectivity index (χ0) is 10.3. The van der Waals surface area contributed by atoms with Crippen molar-refractivity contribution in [3.63, 3.8) is 0 Å². The second-order valence-electron chi connectivity index (χ2n) is 3.14. The fourth-order valence-electron chi connectivity index (χ4n) is 0.907. The van der Waals surface area contributed by atoms with Crippen molar-refractivity contribution >= 4 is 0 Å². The highest BCUT2D eigenvalue weighted by Gasteiger charge is 2.28. The molecule has 0 spiro atoms. The summed E-state index contributed by atoms with van der Waals surface area (Å²) in [7, 11) is 0. The molecular formula is C10H20O3. The molecule has 0 aromatic carbocycles. The Bertz CT molecular complexity index is 143. The Balaban J connectivity index is 3.94. The minimum absolute atomic E-state index is 0.198. The van der Waals surface area contributed by atoms with Gasteiger partial charge in [0.15, 0.2) is 0 Å². The quantitative estimate of drug-likeness (QED) is 0.375. The van der Waals surface area contributed by atoms with Gasteiger partial charge in [0.1, 0.15) is 12.9 Å². The van der Waals surface area contributed by atoms with Crippen LogP contribution in [-0.4, -0.2) is 30.2 Å². The Morgan fingerprint density at radius 3 is 2.54 bits per heavy atom. The highest BCUT2D eigenvalue weighted by atomic mass is 16.7. The summed E-state index contributed by atoms with van der Waals surface area (Å²) >= 11 is 0. The normalized spacial score (nSPS) is 17.8. The minimum Gasteiger partial charge on any atom is -0.387 e. The van der Waals surface area contributed by atoms with E-state index in [-0.39, 0.29) is 12.9 Å². The van der Waals surface area contributed by atoms with E-state index in [0.29, 0.717) is 13.0 Å². The van der Waals surface area contributed by atoms with Crippen LogP contribution in [0.4, 0.5) is 0 Å². The summed E-state index contributed by atoms with van der Waals surface area (Å²) in [6.45, 7) is 9.94. The zero-order valence-electron chi connectivity index (χ0n) is 8.75. The lowest BCUT2D eigenvalue weighted by Crippen LogP contribution is -2.39. The lowest BCUT2D eigenvalue weighted by Gasteiger charge is -2.29. The predicted octanol–water partition coefficient (Wildman–Crippen LogP) is 1.71. The Morgan fingerprint density at radius 2 is 2.15 bits per heavy atom. The standard InChI is InChI=1S/C10H20O3/c1-5-9(10(4,11)6-2)13-8-12-7-3/h5,9,11H,1,6-8H2,2-4H3/t9-,10-/m0/s1. The molecule has 0 amide bonds. The maximum Gasteiger partial charge on any atom is 0.147 e. The lowest BCUT2D eigenvalue weighted by atomic mass is 9.96. The van der Waals surface area contributed by atoms with E-state index in [2.05, 4.69) is 6.58 Å². The van der Waals surface area contributed by atoms with Gasteiger partial charge in [-0.05, 0) is 20.3 Å². The van der Waals surface area contributed by atoms with Crippen molar-refractivity contribution < 1.29 is 14.6 Å². The molecule has 78 valence electrons. The van der Waals surface area contributed by atoms with Gasteiger partial charge in [0.25, 0.3) is 0 Å². The average molecular weight is 188 g/mol. The van der Waals surface area contributed by atoms with Gasteiger partial charge in [-0.15, -0.1) is 6.58 Å². The van der Waals surface area contributed by atoms with E-state index in [0.717, 1.165) is 0 Å². The molecule has 3 heteroatoms. The second-order valence-corrected chi connectivity index (χ2v) is 3.14. The third-order valence-corrected chi connectivity index (χ3v) is 2.08. The van der Waals surface area contributed by atoms with E-state index in [1.807, 2.05) is 13.8 Å². The Kier molecular flexibility index (Phi) is 5.95. The fourth-order valence-corrected chi connectivity index (χ4v) is 0.907. The van der Waals surface area contributed by atoms with Crippen molar-refractivity contribution in [1.29, 1.82) is 0 Å². The molecule has 0 saturated carbocycles. The lowest BCUT2D eigenvalue weighted by molar-refractivity contribution is -0.137. The molecule has 0 radical (unpaired) electrons. The van der Waals surface area contributed by atoms with Gasteiger partial charge in [-0.2, -0.15) is 0 Å². The van der Waals surface area contributed by atoms with Crippen LogP contribution < -0.4 is 0 Å². The first-order chi connectivity index (χ1) is 6.08. The molecular weight excluding hydrogens is 168 g/mol. The van der Waals surface area contributed by atoms with Gasteiger partial charge < -0.3 is 14.6 Å². The number of hydrogen-bond donors (Lipinski definition) is 1. The molecule has 0 fully saturated rings. The van der Waals surface area contributed by atoms with Crippen LogP contribution in [0, 0.1) is 0 Å². The molecule has 0 bridgehead atoms. The summed E-state index contributed by atoms with van der Waals surface area (Å²) < 4.78 is 10.3. The van der Waals surface area contributed by atoms with E-state index in [1.54, 1.807) is 13.0 Å². The maximum absolute atomic E-state index is 9.83. The fraction of sp³-hybridized carbons (Fsp3) is 0.800. The summed E-state index contributed by atoms with van der Waals surface area (Å²) in [4.78, 5) is 0. The predicted molar refractivity (Wildman–Crippen MR) is 52.5 cm³/mol. The van der Waals surface area contributed by atoms with Gasteiger partial charge in [0, 0.05) is 6.61 Å². The topological polar surface area (TPSA) is 38.7 Å². The summed E-state index contributed by atoms with van der Waals surface area (Å²) in [5.41, 5.74) is -0.862. The summed E-state index contributed by atoms with van der Waals surface area (Å²) in [5.74, 6) is 0. The molecule has 0 aliphatic rings. The van der Waals surface area contributed by atoms with Crippen LogP contribution in [0.25, 0.3) is 0 Å². The number of hydrogen-bond acceptors (Lipinski definition) is 3. The number of aliphatic hydroxyl groups is 1. The van der Waals surface area contributed by atoms with Crippen molar-refractivity contribution in [1.82, 2.24) is 0 Å². The minimum atomic E-state index is -0.862. The Hall–Kier alpha value is -0.380. The van der Waals surface area contributed by atoms with Crippen molar-refractivity contribution in [2.24, 2.45) is 0 Å². The first-order valence-electron chi connectivity index (χ1n) is 4.62. The van der Waals surface area contributed by atoms with Gasteiger partial charge >= 0.3 is 0 Å². The van der Waals surface area contributed by atoms with Crippen LogP contribution in [0.3, 0.4) is 0 Å². The molecule has 3 nitrogen and oxygen atoms in total. The Morgan fingerprint density at radius 1 is 1.54 bits per heavy atom. The molecule has 13 heavy (non-hydrogen) atoms. The van der Waals surface area contributed by atoms with Gasteiger partial charge in [-0.1, -0.05) is 13.0 Å². The van der Waals surface area contributed by atoms with Crippen LogP contribution in [-0.2, 0) is 9.47 Å².